The van der Waals surface area contributed by atoms with Crippen molar-refractivity contribution in [1.29, 1.82) is 0 Å². The van der Waals surface area contributed by atoms with Crippen LogP contribution in [0, 0.1) is 0 Å². The summed E-state index contributed by atoms with van der Waals surface area (Å²) < 4.78 is 0. The second kappa shape index (κ2) is 6.52. The molecule has 0 N–H and O–H groups in total. The van der Waals surface area contributed by atoms with Crippen LogP contribution in [0.3, 0.4) is 0 Å². The van der Waals surface area contributed by atoms with Gasteiger partial charge in [-0.2, -0.15) is 0 Å². The van der Waals surface area contributed by atoms with Gasteiger partial charge < -0.3 is 0 Å². The van der Waals surface area contributed by atoms with Crippen LogP contribution in [0.5, 0.6) is 0 Å². The summed E-state index contributed by atoms with van der Waals surface area (Å²) in [6, 6.07) is 10.4. The minimum Gasteiger partial charge on any atom is -0.102 e. The SMILES string of the molecule is C=CCSSSc1ccccc1. The molecular weight excluding hydrogens is 204 g/mol. The minimum absolute atomic E-state index is 1.00. The van der Waals surface area contributed by atoms with Crippen LogP contribution in [0.2, 0.25) is 0 Å². The molecule has 1 rings (SSSR count). The molecule has 0 aliphatic carbocycles. The molecule has 0 saturated carbocycles. The zero-order valence-corrected chi connectivity index (χ0v) is 9.05. The maximum atomic E-state index is 3.66. The molecule has 1 aromatic carbocycles. The Morgan fingerprint density at radius 3 is 2.67 bits per heavy atom. The normalized spacial score (nSPS) is 9.67. The third kappa shape index (κ3) is 4.14. The van der Waals surface area contributed by atoms with Gasteiger partial charge >= 0.3 is 0 Å². The molecule has 0 radical (unpaired) electrons. The Bertz CT molecular complexity index is 220. The van der Waals surface area contributed by atoms with Crippen molar-refractivity contribution in [3.05, 3.63) is 43.0 Å². The van der Waals surface area contributed by atoms with Gasteiger partial charge in [0.15, 0.2) is 0 Å². The highest BCUT2D eigenvalue weighted by Crippen LogP contribution is 2.39. The Labute approximate surface area is 85.0 Å². The first kappa shape index (κ1) is 10.1. The van der Waals surface area contributed by atoms with Gasteiger partial charge in [-0.1, -0.05) is 35.1 Å². The fourth-order valence-electron chi connectivity index (χ4n) is 0.615. The summed E-state index contributed by atoms with van der Waals surface area (Å²) in [7, 11) is 5.39. The van der Waals surface area contributed by atoms with Crippen LogP contribution < -0.4 is 0 Å². The zero-order chi connectivity index (χ0) is 8.65. The van der Waals surface area contributed by atoms with Crippen molar-refractivity contribution in [2.45, 2.75) is 4.90 Å². The summed E-state index contributed by atoms with van der Waals surface area (Å²) in [6.45, 7) is 3.66. The minimum atomic E-state index is 1.00. The maximum Gasteiger partial charge on any atom is 0.0223 e. The number of hydrogen-bond acceptors (Lipinski definition) is 3. The Morgan fingerprint density at radius 2 is 2.00 bits per heavy atom. The lowest BCUT2D eigenvalue weighted by atomic mass is 10.4. The zero-order valence-electron chi connectivity index (χ0n) is 6.60. The molecule has 0 spiro atoms. The summed E-state index contributed by atoms with van der Waals surface area (Å²) in [6.07, 6.45) is 1.92. The van der Waals surface area contributed by atoms with E-state index in [4.69, 9.17) is 0 Å². The van der Waals surface area contributed by atoms with Crippen LogP contribution >= 0.6 is 31.4 Å². The Kier molecular flexibility index (Phi) is 5.48. The number of benzene rings is 1. The van der Waals surface area contributed by atoms with E-state index in [0.29, 0.717) is 0 Å². The molecule has 0 aliphatic rings. The molecule has 0 aliphatic heterocycles. The van der Waals surface area contributed by atoms with Gasteiger partial charge in [0, 0.05) is 10.6 Å². The molecule has 0 atom stereocenters. The highest BCUT2D eigenvalue weighted by atomic mass is 33.5. The van der Waals surface area contributed by atoms with Crippen molar-refractivity contribution < 1.29 is 0 Å². The van der Waals surface area contributed by atoms with Crippen molar-refractivity contribution in [1.82, 2.24) is 0 Å². The second-order valence-corrected chi connectivity index (χ2v) is 6.22. The predicted octanol–water partition coefficient (Wildman–Crippen LogP) is 4.26. The molecular formula is C9H10S3. The molecule has 0 bridgehead atoms. The third-order valence-corrected chi connectivity index (χ3v) is 5.06. The standard InChI is InChI=1S/C9H10S3/c1-2-8-10-12-11-9-6-4-3-5-7-9/h2-7H,1,8H2. The van der Waals surface area contributed by atoms with Crippen molar-refractivity contribution in [3.63, 3.8) is 0 Å². The maximum absolute atomic E-state index is 3.66. The van der Waals surface area contributed by atoms with E-state index in [1.807, 2.05) is 22.9 Å². The summed E-state index contributed by atoms with van der Waals surface area (Å²) in [5, 5.41) is 0. The largest absolute Gasteiger partial charge is 0.102 e. The van der Waals surface area contributed by atoms with Crippen LogP contribution in [0.25, 0.3) is 0 Å². The van der Waals surface area contributed by atoms with Gasteiger partial charge in [-0.25, -0.2) is 0 Å². The lowest BCUT2D eigenvalue weighted by Crippen LogP contribution is -1.63. The average Bonchev–Trinajstić information content (AvgIpc) is 2.14. The van der Waals surface area contributed by atoms with Crippen LogP contribution in [0.1, 0.15) is 0 Å². The second-order valence-electron chi connectivity index (χ2n) is 2.04. The molecule has 0 heterocycles. The number of rotatable bonds is 5. The van der Waals surface area contributed by atoms with Gasteiger partial charge in [0.25, 0.3) is 0 Å². The predicted molar refractivity (Wildman–Crippen MR) is 62.5 cm³/mol. The van der Waals surface area contributed by atoms with E-state index < -0.39 is 0 Å². The van der Waals surface area contributed by atoms with Gasteiger partial charge in [-0.15, -0.1) is 6.58 Å². The van der Waals surface area contributed by atoms with E-state index >= 15 is 0 Å². The van der Waals surface area contributed by atoms with Gasteiger partial charge in [0.1, 0.15) is 0 Å². The van der Waals surface area contributed by atoms with Crippen LogP contribution in [-0.2, 0) is 0 Å². The average molecular weight is 214 g/mol. The lowest BCUT2D eigenvalue weighted by molar-refractivity contribution is 1.48. The molecule has 0 aromatic heterocycles. The monoisotopic (exact) mass is 214 g/mol. The van der Waals surface area contributed by atoms with E-state index in [1.165, 1.54) is 4.90 Å². The molecule has 3 heteroatoms. The quantitative estimate of drug-likeness (QED) is 0.408. The first-order chi connectivity index (χ1) is 5.93. The summed E-state index contributed by atoms with van der Waals surface area (Å²) in [4.78, 5) is 1.30. The van der Waals surface area contributed by atoms with E-state index in [1.54, 1.807) is 20.6 Å². The first-order valence-electron chi connectivity index (χ1n) is 3.55. The highest BCUT2D eigenvalue weighted by molar-refractivity contribution is 9.09. The Balaban J connectivity index is 2.20. The van der Waals surface area contributed by atoms with E-state index in [0.717, 1.165) is 5.75 Å². The molecule has 0 unspecified atom stereocenters. The van der Waals surface area contributed by atoms with Crippen molar-refractivity contribution >= 4 is 31.4 Å². The molecule has 12 heavy (non-hydrogen) atoms. The van der Waals surface area contributed by atoms with Gasteiger partial charge in [0.05, 0.1) is 0 Å². The van der Waals surface area contributed by atoms with Crippen LogP contribution in [0.15, 0.2) is 47.9 Å². The smallest absolute Gasteiger partial charge is 0.0223 e. The fourth-order valence-corrected chi connectivity index (χ4v) is 3.97. The van der Waals surface area contributed by atoms with E-state index in [-0.39, 0.29) is 0 Å². The Hall–Kier alpha value is 0.01000. The van der Waals surface area contributed by atoms with Gasteiger partial charge in [-0.3, -0.25) is 0 Å². The third-order valence-electron chi connectivity index (χ3n) is 1.11. The summed E-state index contributed by atoms with van der Waals surface area (Å²) in [5.74, 6) is 1.00. The summed E-state index contributed by atoms with van der Waals surface area (Å²) >= 11 is 0. The topological polar surface area (TPSA) is 0 Å². The van der Waals surface area contributed by atoms with Crippen molar-refractivity contribution in [2.75, 3.05) is 5.75 Å². The highest BCUT2D eigenvalue weighted by Gasteiger charge is 1.91. The van der Waals surface area contributed by atoms with Crippen LogP contribution in [0.4, 0.5) is 0 Å². The molecule has 0 saturated heterocycles. The molecule has 0 amide bonds. The molecule has 1 aromatic rings. The van der Waals surface area contributed by atoms with Crippen molar-refractivity contribution in [3.8, 4) is 0 Å². The fraction of sp³-hybridized carbons (Fsp3) is 0.111. The van der Waals surface area contributed by atoms with E-state index in [9.17, 15) is 0 Å². The van der Waals surface area contributed by atoms with Gasteiger partial charge in [0.2, 0.25) is 0 Å². The molecule has 0 fully saturated rings. The van der Waals surface area contributed by atoms with Crippen molar-refractivity contribution in [2.24, 2.45) is 0 Å². The lowest BCUT2D eigenvalue weighted by Gasteiger charge is -1.96. The van der Waals surface area contributed by atoms with Gasteiger partial charge in [-0.05, 0) is 32.8 Å². The summed E-state index contributed by atoms with van der Waals surface area (Å²) in [5.41, 5.74) is 0. The first-order valence-corrected chi connectivity index (χ1v) is 7.21. The number of hydrogen-bond donors (Lipinski definition) is 0. The molecule has 0 nitrogen and oxygen atoms in total. The van der Waals surface area contributed by atoms with E-state index in [2.05, 4.69) is 30.8 Å². The Morgan fingerprint density at radius 1 is 1.25 bits per heavy atom. The molecule has 64 valence electrons. The van der Waals surface area contributed by atoms with Crippen LogP contribution in [-0.4, -0.2) is 5.75 Å².